The van der Waals surface area contributed by atoms with Gasteiger partial charge in [-0.2, -0.15) is 8.42 Å². The molecular formula is C4H22N2O12P2S. The van der Waals surface area contributed by atoms with E-state index in [2.05, 4.69) is 0 Å². The third kappa shape index (κ3) is 1610. The fourth-order valence-corrected chi connectivity index (χ4v) is 0. The fraction of sp³-hybridized carbons (Fsp3) is 1.00. The molecule has 0 unspecified atom stereocenters. The number of hydrogen-bond donors (Lipinski definition) is 10. The Morgan fingerprint density at radius 3 is 0.857 bits per heavy atom. The lowest BCUT2D eigenvalue weighted by Crippen LogP contribution is -2.02. The Labute approximate surface area is 122 Å². The van der Waals surface area contributed by atoms with Crippen molar-refractivity contribution in [3.8, 4) is 0 Å². The van der Waals surface area contributed by atoms with Gasteiger partial charge in [-0.05, 0) is 0 Å². The monoisotopic (exact) mass is 384 g/mol. The average Bonchev–Trinajstić information content (AvgIpc) is 2.25. The second kappa shape index (κ2) is 28.2. The molecule has 0 aliphatic heterocycles. The molecule has 0 spiro atoms. The van der Waals surface area contributed by atoms with Gasteiger partial charge >= 0.3 is 26.9 Å². The van der Waals surface area contributed by atoms with E-state index in [1.54, 1.807) is 0 Å². The summed E-state index contributed by atoms with van der Waals surface area (Å²) in [6, 6.07) is 0. The van der Waals surface area contributed by atoms with Crippen molar-refractivity contribution in [2.24, 2.45) is 0 Å². The smallest absolute Gasteiger partial charge is 0.326 e. The summed E-state index contributed by atoms with van der Waals surface area (Å²) in [5.74, 6) is 0. The molecule has 10 N–H and O–H groups in total. The highest BCUT2D eigenvalue weighted by Crippen LogP contribution is 1.98. The molecule has 0 heterocycles. The minimum absolute atomic E-state index is 0.625. The molecular weight excluding hydrogens is 362 g/mol. The molecule has 0 aromatic rings. The fourth-order valence-electron chi connectivity index (χ4n) is 0. The minimum atomic E-state index is -4.67. The molecule has 0 radical (unpaired) electrons. The summed E-state index contributed by atoms with van der Waals surface area (Å²) in [7, 11) is -10.9. The van der Waals surface area contributed by atoms with Gasteiger partial charge in [-0.15, -0.1) is 0 Å². The van der Waals surface area contributed by atoms with Crippen LogP contribution in [0.1, 0.15) is 13.8 Å². The van der Waals surface area contributed by atoms with Gasteiger partial charge in [-0.1, -0.05) is 13.8 Å². The maximum Gasteiger partial charge on any atom is 0.394 e. The third-order valence-electron chi connectivity index (χ3n) is 0.316. The van der Waals surface area contributed by atoms with Crippen LogP contribution in [-0.4, -0.2) is 60.6 Å². The highest BCUT2D eigenvalue weighted by atomic mass is 32.3. The van der Waals surface area contributed by atoms with E-state index < -0.39 is 26.9 Å². The summed E-state index contributed by atoms with van der Waals surface area (Å²) in [5.41, 5.74) is 3.86. The Bertz CT molecular complexity index is 274. The van der Waals surface area contributed by atoms with Gasteiger partial charge in [-0.3, -0.25) is 18.2 Å². The molecule has 0 aliphatic carbocycles. The highest BCUT2D eigenvalue weighted by Gasteiger charge is 1.84. The van der Waals surface area contributed by atoms with Crippen LogP contribution in [0, 0.1) is 0 Å². The van der Waals surface area contributed by atoms with Crippen LogP contribution in [0.4, 0.5) is 0 Å². The zero-order chi connectivity index (χ0) is 18.5. The lowest BCUT2D eigenvalue weighted by atomic mass is 10.8. The Balaban J connectivity index is -0.0000000510. The summed E-state index contributed by atoms with van der Waals surface area (Å²) >= 11 is 0. The van der Waals surface area contributed by atoms with E-state index in [1.165, 1.54) is 0 Å². The van der Waals surface area contributed by atoms with Crippen LogP contribution in [-0.2, 0) is 19.5 Å². The summed E-state index contributed by atoms with van der Waals surface area (Å²) in [5, 5.41) is 15.2. The quantitative estimate of drug-likeness (QED) is 0.141. The zero-order valence-electron chi connectivity index (χ0n) is 11.0. The lowest BCUT2D eigenvalue weighted by Gasteiger charge is -1.75. The van der Waals surface area contributed by atoms with Crippen molar-refractivity contribution in [2.75, 3.05) is 13.1 Å². The molecule has 0 aromatic heterocycles. The van der Waals surface area contributed by atoms with Crippen molar-refractivity contribution < 1.29 is 56.6 Å². The van der Waals surface area contributed by atoms with E-state index in [9.17, 15) is 0 Å². The Morgan fingerprint density at radius 1 is 0.810 bits per heavy atom. The van der Waals surface area contributed by atoms with Crippen LogP contribution in [0.25, 0.3) is 0 Å². The predicted octanol–water partition coefficient (Wildman–Crippen LogP) is -1.96. The van der Waals surface area contributed by atoms with E-state index in [0.29, 0.717) is 13.1 Å². The first-order valence-electron chi connectivity index (χ1n) is 4.57. The maximum absolute atomic E-state index is 8.74. The number of hydrogen-bond acceptors (Lipinski definition) is 8. The van der Waals surface area contributed by atoms with Crippen molar-refractivity contribution in [3.63, 3.8) is 0 Å². The zero-order valence-corrected chi connectivity index (χ0v) is 13.8. The molecule has 14 nitrogen and oxygen atoms in total. The largest absolute Gasteiger partial charge is 0.394 e. The van der Waals surface area contributed by atoms with Crippen molar-refractivity contribution in [2.45, 2.75) is 13.8 Å². The van der Waals surface area contributed by atoms with Crippen LogP contribution in [0.3, 0.4) is 0 Å². The number of hydroxylamine groups is 2. The van der Waals surface area contributed by atoms with Crippen molar-refractivity contribution in [3.05, 3.63) is 0 Å². The first-order chi connectivity index (χ1) is 9.29. The minimum Gasteiger partial charge on any atom is -0.326 e. The van der Waals surface area contributed by atoms with Crippen molar-refractivity contribution in [1.82, 2.24) is 11.0 Å². The van der Waals surface area contributed by atoms with E-state index in [0.717, 1.165) is 0 Å². The highest BCUT2D eigenvalue weighted by molar-refractivity contribution is 7.79. The standard InChI is InChI=1S/2C2H7NO.H2O4S.2H3O3P/c2*1-2-3-4;1-5(2,3)4;2*1-4(2)3/h2*3-4H,2H2,1H3;(H2,1,2,3,4);2*4H,(H2,1,2,3). The lowest BCUT2D eigenvalue weighted by molar-refractivity contribution is 0.173. The van der Waals surface area contributed by atoms with E-state index in [1.807, 2.05) is 24.8 Å². The molecule has 0 amide bonds. The molecule has 0 saturated heterocycles. The second-order valence-electron chi connectivity index (χ2n) is 2.04. The Morgan fingerprint density at radius 2 is 0.857 bits per heavy atom. The summed E-state index contributed by atoms with van der Waals surface area (Å²) in [6.07, 6.45) is 0. The van der Waals surface area contributed by atoms with Gasteiger partial charge in [0.1, 0.15) is 0 Å². The van der Waals surface area contributed by atoms with Gasteiger partial charge in [-0.25, -0.2) is 11.0 Å². The molecule has 17 heteroatoms. The molecule has 0 fully saturated rings. The van der Waals surface area contributed by atoms with Gasteiger partial charge in [0.25, 0.3) is 0 Å². The van der Waals surface area contributed by atoms with Gasteiger partial charge in [0.2, 0.25) is 0 Å². The van der Waals surface area contributed by atoms with Gasteiger partial charge in [0.15, 0.2) is 0 Å². The van der Waals surface area contributed by atoms with Gasteiger partial charge in [0, 0.05) is 13.1 Å². The van der Waals surface area contributed by atoms with Crippen molar-refractivity contribution in [1.29, 1.82) is 0 Å². The third-order valence-corrected chi connectivity index (χ3v) is 0.316. The van der Waals surface area contributed by atoms with E-state index >= 15 is 0 Å². The van der Waals surface area contributed by atoms with Gasteiger partial charge < -0.3 is 30.0 Å². The SMILES string of the molecule is CCNO.CCNO.O=S(=O)(O)O.O=[PH](O)O.O=[PH](O)O. The van der Waals surface area contributed by atoms with Crippen LogP contribution in [0.2, 0.25) is 0 Å². The predicted molar refractivity (Wildman–Crippen MR) is 72.0 cm³/mol. The first kappa shape index (κ1) is 32.8. The van der Waals surface area contributed by atoms with Crippen molar-refractivity contribution >= 4 is 26.9 Å². The van der Waals surface area contributed by atoms with E-state index in [4.69, 9.17) is 56.6 Å². The molecule has 0 rings (SSSR count). The second-order valence-corrected chi connectivity index (χ2v) is 4.06. The normalized spacial score (nSPS) is 8.95. The van der Waals surface area contributed by atoms with Crippen LogP contribution in [0.5, 0.6) is 0 Å². The average molecular weight is 384 g/mol. The van der Waals surface area contributed by atoms with Crippen LogP contribution in [0.15, 0.2) is 0 Å². The van der Waals surface area contributed by atoms with Crippen LogP contribution >= 0.6 is 16.5 Å². The molecule has 0 bridgehead atoms. The van der Waals surface area contributed by atoms with Gasteiger partial charge in [0.05, 0.1) is 0 Å². The number of rotatable bonds is 2. The molecule has 0 aromatic carbocycles. The summed E-state index contributed by atoms with van der Waals surface area (Å²) < 4.78 is 49.1. The first-order valence-corrected chi connectivity index (χ1v) is 8.57. The van der Waals surface area contributed by atoms with Crippen LogP contribution < -0.4 is 11.0 Å². The number of nitrogens with one attached hydrogen (secondary N) is 2. The summed E-state index contributed by atoms with van der Waals surface area (Å²) in [6.45, 7) is 4.89. The molecule has 136 valence electrons. The topological polar surface area (TPSA) is 254 Å². The Kier molecular flexibility index (Phi) is 44.1. The maximum atomic E-state index is 8.74. The molecule has 0 saturated carbocycles. The molecule has 0 atom stereocenters. The van der Waals surface area contributed by atoms with E-state index in [-0.39, 0.29) is 0 Å². The summed E-state index contributed by atoms with van der Waals surface area (Å²) in [4.78, 5) is 28.6. The molecule has 21 heavy (non-hydrogen) atoms. The Hall–Kier alpha value is 0.01000. The molecule has 0 aliphatic rings.